The Balaban J connectivity index is 1.79. The lowest BCUT2D eigenvalue weighted by molar-refractivity contribution is 0.861. The van der Waals surface area contributed by atoms with Crippen molar-refractivity contribution in [3.8, 4) is 16.9 Å². The summed E-state index contributed by atoms with van der Waals surface area (Å²) in [6.45, 7) is 2.13. The van der Waals surface area contributed by atoms with E-state index in [4.69, 9.17) is 4.98 Å². The molecule has 0 spiro atoms. The van der Waals surface area contributed by atoms with Gasteiger partial charge in [-0.25, -0.2) is 4.98 Å². The van der Waals surface area contributed by atoms with Gasteiger partial charge >= 0.3 is 0 Å². The minimum atomic E-state index is 0.709. The second-order valence-electron chi connectivity index (χ2n) is 6.49. The van der Waals surface area contributed by atoms with Crippen LogP contribution in [0.15, 0.2) is 66.0 Å². The Hall–Kier alpha value is -2.00. The highest BCUT2D eigenvalue weighted by atomic mass is 32.2. The summed E-state index contributed by atoms with van der Waals surface area (Å²) in [6.07, 6.45) is 7.35. The van der Waals surface area contributed by atoms with Gasteiger partial charge in [0.05, 0.1) is 11.9 Å². The maximum Gasteiger partial charge on any atom is 0.173 e. The Labute approximate surface area is 147 Å². The summed E-state index contributed by atoms with van der Waals surface area (Å²) in [4.78, 5) is 4.78. The van der Waals surface area contributed by atoms with Gasteiger partial charge in [0, 0.05) is 16.5 Å². The molecule has 0 unspecified atom stereocenters. The zero-order chi connectivity index (χ0) is 16.4. The molecule has 3 aromatic rings. The molecule has 0 saturated heterocycles. The van der Waals surface area contributed by atoms with Crippen molar-refractivity contribution in [1.29, 1.82) is 0 Å². The number of rotatable bonds is 4. The molecule has 1 aliphatic carbocycles. The van der Waals surface area contributed by atoms with Crippen LogP contribution in [-0.4, -0.2) is 14.8 Å². The van der Waals surface area contributed by atoms with Gasteiger partial charge in [-0.3, -0.25) is 4.57 Å². The lowest BCUT2D eigenvalue weighted by atomic mass is 10.1. The SMILES string of the molecule is Cc1ccc(-n2c(-c3ccccc3)cnc2SC2CCCC2)cc1. The second kappa shape index (κ2) is 6.86. The molecule has 0 aliphatic heterocycles. The first kappa shape index (κ1) is 15.5. The summed E-state index contributed by atoms with van der Waals surface area (Å²) < 4.78 is 2.32. The maximum absolute atomic E-state index is 4.78. The predicted octanol–water partition coefficient (Wildman–Crippen LogP) is 5.88. The highest BCUT2D eigenvalue weighted by Crippen LogP contribution is 2.37. The zero-order valence-electron chi connectivity index (χ0n) is 14.0. The second-order valence-corrected chi connectivity index (χ2v) is 7.75. The van der Waals surface area contributed by atoms with Crippen LogP contribution in [0.2, 0.25) is 0 Å². The summed E-state index contributed by atoms with van der Waals surface area (Å²) >= 11 is 1.94. The van der Waals surface area contributed by atoms with Gasteiger partial charge in [-0.2, -0.15) is 0 Å². The van der Waals surface area contributed by atoms with Gasteiger partial charge in [0.1, 0.15) is 0 Å². The van der Waals surface area contributed by atoms with Crippen LogP contribution in [0.4, 0.5) is 0 Å². The number of hydrogen-bond acceptors (Lipinski definition) is 2. The van der Waals surface area contributed by atoms with Gasteiger partial charge in [0.15, 0.2) is 5.16 Å². The monoisotopic (exact) mass is 334 g/mol. The van der Waals surface area contributed by atoms with Crippen molar-refractivity contribution in [3.05, 3.63) is 66.4 Å². The third-order valence-corrected chi connectivity index (χ3v) is 5.97. The van der Waals surface area contributed by atoms with E-state index in [2.05, 4.69) is 66.1 Å². The third-order valence-electron chi connectivity index (χ3n) is 4.67. The van der Waals surface area contributed by atoms with E-state index >= 15 is 0 Å². The lowest BCUT2D eigenvalue weighted by Crippen LogP contribution is -2.02. The summed E-state index contributed by atoms with van der Waals surface area (Å²) in [5.74, 6) is 0. The van der Waals surface area contributed by atoms with Gasteiger partial charge in [-0.15, -0.1) is 0 Å². The van der Waals surface area contributed by atoms with Crippen LogP contribution in [0.1, 0.15) is 31.2 Å². The number of imidazole rings is 1. The molecule has 1 heterocycles. The quantitative estimate of drug-likeness (QED) is 0.592. The molecule has 2 aromatic carbocycles. The molecular weight excluding hydrogens is 312 g/mol. The molecule has 0 N–H and O–H groups in total. The van der Waals surface area contributed by atoms with Crippen LogP contribution in [-0.2, 0) is 0 Å². The molecule has 3 heteroatoms. The van der Waals surface area contributed by atoms with Crippen LogP contribution in [0.5, 0.6) is 0 Å². The van der Waals surface area contributed by atoms with Crippen LogP contribution >= 0.6 is 11.8 Å². The molecule has 122 valence electrons. The molecule has 1 saturated carbocycles. The topological polar surface area (TPSA) is 17.8 Å². The Bertz CT molecular complexity index is 800. The van der Waals surface area contributed by atoms with Gasteiger partial charge in [0.25, 0.3) is 0 Å². The molecule has 0 atom stereocenters. The number of thioether (sulfide) groups is 1. The fourth-order valence-electron chi connectivity index (χ4n) is 3.33. The van der Waals surface area contributed by atoms with E-state index in [-0.39, 0.29) is 0 Å². The standard InChI is InChI=1S/C21H22N2S/c1-16-11-13-18(14-12-16)23-20(17-7-3-2-4-8-17)15-22-21(23)24-19-9-5-6-10-19/h2-4,7-8,11-15,19H,5-6,9-10H2,1H3. The summed E-state index contributed by atoms with van der Waals surface area (Å²) in [5, 5.41) is 1.82. The summed E-state index contributed by atoms with van der Waals surface area (Å²) in [5.41, 5.74) is 4.85. The van der Waals surface area contributed by atoms with Gasteiger partial charge in [-0.05, 0) is 31.9 Å². The molecular formula is C21H22N2S. The lowest BCUT2D eigenvalue weighted by Gasteiger charge is -2.14. The smallest absolute Gasteiger partial charge is 0.173 e. The molecule has 1 aromatic heterocycles. The van der Waals surface area contributed by atoms with Crippen molar-refractivity contribution in [1.82, 2.24) is 9.55 Å². The van der Waals surface area contributed by atoms with Crippen molar-refractivity contribution in [3.63, 3.8) is 0 Å². The van der Waals surface area contributed by atoms with E-state index in [1.54, 1.807) is 0 Å². The Morgan fingerprint density at radius 3 is 2.38 bits per heavy atom. The van der Waals surface area contributed by atoms with E-state index in [0.717, 1.165) is 5.16 Å². The van der Waals surface area contributed by atoms with E-state index in [9.17, 15) is 0 Å². The minimum Gasteiger partial charge on any atom is -0.287 e. The number of nitrogens with zero attached hydrogens (tertiary/aromatic N) is 2. The highest BCUT2D eigenvalue weighted by Gasteiger charge is 2.21. The van der Waals surface area contributed by atoms with Crippen molar-refractivity contribution >= 4 is 11.8 Å². The van der Waals surface area contributed by atoms with Crippen molar-refractivity contribution < 1.29 is 0 Å². The molecule has 24 heavy (non-hydrogen) atoms. The first-order valence-electron chi connectivity index (χ1n) is 8.68. The molecule has 0 radical (unpaired) electrons. The first-order chi connectivity index (χ1) is 11.8. The Morgan fingerprint density at radius 2 is 1.67 bits per heavy atom. The molecule has 1 fully saturated rings. The molecule has 4 rings (SSSR count). The highest BCUT2D eigenvalue weighted by molar-refractivity contribution is 7.99. The number of hydrogen-bond donors (Lipinski definition) is 0. The van der Waals surface area contributed by atoms with Crippen LogP contribution < -0.4 is 0 Å². The van der Waals surface area contributed by atoms with Crippen LogP contribution in [0, 0.1) is 6.92 Å². The fraction of sp³-hybridized carbons (Fsp3) is 0.286. The predicted molar refractivity (Wildman–Crippen MR) is 102 cm³/mol. The molecule has 2 nitrogen and oxygen atoms in total. The largest absolute Gasteiger partial charge is 0.287 e. The van der Waals surface area contributed by atoms with Crippen molar-refractivity contribution in [2.24, 2.45) is 0 Å². The number of aryl methyl sites for hydroxylation is 1. The molecule has 0 bridgehead atoms. The maximum atomic E-state index is 4.78. The number of benzene rings is 2. The summed E-state index contributed by atoms with van der Waals surface area (Å²) in [7, 11) is 0. The van der Waals surface area contributed by atoms with E-state index in [0.29, 0.717) is 5.25 Å². The van der Waals surface area contributed by atoms with E-state index in [1.165, 1.54) is 48.2 Å². The average molecular weight is 334 g/mol. The Morgan fingerprint density at radius 1 is 0.958 bits per heavy atom. The third kappa shape index (κ3) is 3.13. The van der Waals surface area contributed by atoms with Crippen LogP contribution in [0.25, 0.3) is 16.9 Å². The Kier molecular flexibility index (Phi) is 4.44. The van der Waals surface area contributed by atoms with E-state index in [1.807, 2.05) is 18.0 Å². The zero-order valence-corrected chi connectivity index (χ0v) is 14.8. The molecule has 1 aliphatic rings. The first-order valence-corrected chi connectivity index (χ1v) is 9.56. The normalized spacial score (nSPS) is 15.0. The van der Waals surface area contributed by atoms with Crippen molar-refractivity contribution in [2.75, 3.05) is 0 Å². The summed E-state index contributed by atoms with van der Waals surface area (Å²) in [6, 6.07) is 19.3. The van der Waals surface area contributed by atoms with Gasteiger partial charge in [0.2, 0.25) is 0 Å². The average Bonchev–Trinajstić information content (AvgIpc) is 3.27. The van der Waals surface area contributed by atoms with Crippen molar-refractivity contribution in [2.45, 2.75) is 43.0 Å². The van der Waals surface area contributed by atoms with Gasteiger partial charge in [-0.1, -0.05) is 72.6 Å². The number of aromatic nitrogens is 2. The van der Waals surface area contributed by atoms with Crippen LogP contribution in [0.3, 0.4) is 0 Å². The van der Waals surface area contributed by atoms with E-state index < -0.39 is 0 Å². The minimum absolute atomic E-state index is 0.709. The fourth-order valence-corrected chi connectivity index (χ4v) is 4.62. The van der Waals surface area contributed by atoms with Gasteiger partial charge < -0.3 is 0 Å². The molecule has 0 amide bonds.